The smallest absolute Gasteiger partial charge is 0.191 e. The second-order valence-electron chi connectivity index (χ2n) is 6.05. The van der Waals surface area contributed by atoms with Crippen LogP contribution in [0.25, 0.3) is 0 Å². The van der Waals surface area contributed by atoms with E-state index in [2.05, 4.69) is 46.8 Å². The molecule has 2 rings (SSSR count). The first-order chi connectivity index (χ1) is 12.8. The average Bonchev–Trinajstić information content (AvgIpc) is 2.67. The third-order valence-corrected chi connectivity index (χ3v) is 5.19. The number of aliphatic imine (C=N–C) groups is 1. The van der Waals surface area contributed by atoms with Crippen LogP contribution >= 0.6 is 0 Å². The van der Waals surface area contributed by atoms with E-state index >= 15 is 0 Å². The number of nitrogens with one attached hydrogen (secondary N) is 2. The molecule has 0 aliphatic rings. The molecule has 4 nitrogen and oxygen atoms in total. The summed E-state index contributed by atoms with van der Waals surface area (Å²) in [6.45, 7) is 4.30. The van der Waals surface area contributed by atoms with Crippen LogP contribution in [0.3, 0.4) is 0 Å². The highest BCUT2D eigenvalue weighted by molar-refractivity contribution is 7.84. The normalized spacial score (nSPS) is 12.6. The van der Waals surface area contributed by atoms with Gasteiger partial charge in [-0.15, -0.1) is 0 Å². The molecule has 5 heteroatoms. The molecule has 2 aromatic carbocycles. The zero-order valence-corrected chi connectivity index (χ0v) is 16.3. The Morgan fingerprint density at radius 1 is 0.962 bits per heavy atom. The van der Waals surface area contributed by atoms with E-state index in [0.717, 1.165) is 37.5 Å². The molecular formula is C21H29N3OS. The van der Waals surface area contributed by atoms with Crippen LogP contribution in [0.5, 0.6) is 0 Å². The van der Waals surface area contributed by atoms with Gasteiger partial charge in [-0.25, -0.2) is 0 Å². The Kier molecular flexibility index (Phi) is 9.51. The maximum absolute atomic E-state index is 12.2. The summed E-state index contributed by atoms with van der Waals surface area (Å²) in [4.78, 5) is 4.60. The van der Waals surface area contributed by atoms with Crippen molar-refractivity contribution in [2.75, 3.05) is 25.4 Å². The molecule has 140 valence electrons. The van der Waals surface area contributed by atoms with Crippen LogP contribution in [-0.4, -0.2) is 35.6 Å². The highest BCUT2D eigenvalue weighted by atomic mass is 32.2. The van der Waals surface area contributed by atoms with Crippen molar-refractivity contribution in [3.63, 3.8) is 0 Å². The molecule has 0 spiro atoms. The summed E-state index contributed by atoms with van der Waals surface area (Å²) in [5.74, 6) is 2.02. The van der Waals surface area contributed by atoms with Gasteiger partial charge in [0.15, 0.2) is 5.96 Å². The van der Waals surface area contributed by atoms with Crippen molar-refractivity contribution in [1.82, 2.24) is 10.6 Å². The monoisotopic (exact) mass is 371 g/mol. The second-order valence-corrected chi connectivity index (χ2v) is 7.63. The van der Waals surface area contributed by atoms with Gasteiger partial charge in [0.05, 0.1) is 0 Å². The topological polar surface area (TPSA) is 53.5 Å². The number of benzene rings is 2. The summed E-state index contributed by atoms with van der Waals surface area (Å²) in [5, 5.41) is 6.53. The summed E-state index contributed by atoms with van der Waals surface area (Å²) >= 11 is 0. The van der Waals surface area contributed by atoms with Gasteiger partial charge in [0, 0.05) is 41.9 Å². The zero-order chi connectivity index (χ0) is 18.5. The first kappa shape index (κ1) is 20.2. The lowest BCUT2D eigenvalue weighted by atomic mass is 10.1. The van der Waals surface area contributed by atoms with Gasteiger partial charge in [0.25, 0.3) is 0 Å². The molecule has 0 radical (unpaired) electrons. The number of aryl methyl sites for hydroxylation is 1. The Bertz CT molecular complexity index is 674. The molecular weight excluding hydrogens is 342 g/mol. The van der Waals surface area contributed by atoms with Gasteiger partial charge >= 0.3 is 0 Å². The fourth-order valence-corrected chi connectivity index (χ4v) is 3.61. The van der Waals surface area contributed by atoms with Crippen molar-refractivity contribution in [1.29, 1.82) is 0 Å². The van der Waals surface area contributed by atoms with Crippen LogP contribution in [-0.2, 0) is 23.0 Å². The molecule has 0 aromatic heterocycles. The minimum Gasteiger partial charge on any atom is -0.357 e. The van der Waals surface area contributed by atoms with Crippen LogP contribution in [0.15, 0.2) is 65.7 Å². The molecule has 0 heterocycles. The number of nitrogens with zero attached hydrogens (tertiary/aromatic N) is 1. The van der Waals surface area contributed by atoms with Gasteiger partial charge in [0.2, 0.25) is 0 Å². The van der Waals surface area contributed by atoms with Gasteiger partial charge in [-0.05, 0) is 30.9 Å². The van der Waals surface area contributed by atoms with Gasteiger partial charge in [-0.3, -0.25) is 9.20 Å². The van der Waals surface area contributed by atoms with Gasteiger partial charge in [-0.2, -0.15) is 0 Å². The highest BCUT2D eigenvalue weighted by Gasteiger charge is 2.03. The van der Waals surface area contributed by atoms with Crippen molar-refractivity contribution in [2.45, 2.75) is 25.5 Å². The third kappa shape index (κ3) is 8.30. The van der Waals surface area contributed by atoms with Crippen molar-refractivity contribution in [2.24, 2.45) is 4.99 Å². The molecule has 0 saturated carbocycles. The largest absolute Gasteiger partial charge is 0.357 e. The van der Waals surface area contributed by atoms with Gasteiger partial charge < -0.3 is 10.6 Å². The summed E-state index contributed by atoms with van der Waals surface area (Å²) in [7, 11) is -0.869. The quantitative estimate of drug-likeness (QED) is 0.383. The SMILES string of the molecule is CCNC(=NCCCc1ccccc1)NCCS(=O)Cc1ccccc1. The summed E-state index contributed by atoms with van der Waals surface area (Å²) in [6, 6.07) is 20.4. The third-order valence-electron chi connectivity index (χ3n) is 3.87. The van der Waals surface area contributed by atoms with Crippen LogP contribution in [0.4, 0.5) is 0 Å². The maximum atomic E-state index is 12.2. The maximum Gasteiger partial charge on any atom is 0.191 e. The zero-order valence-electron chi connectivity index (χ0n) is 15.5. The first-order valence-corrected chi connectivity index (χ1v) is 10.7. The molecule has 1 atom stereocenters. The van der Waals surface area contributed by atoms with E-state index in [1.807, 2.05) is 36.4 Å². The molecule has 2 aromatic rings. The summed E-state index contributed by atoms with van der Waals surface area (Å²) < 4.78 is 12.2. The van der Waals surface area contributed by atoms with E-state index in [1.54, 1.807) is 0 Å². The van der Waals surface area contributed by atoms with Crippen LogP contribution in [0.1, 0.15) is 24.5 Å². The lowest BCUT2D eigenvalue weighted by Crippen LogP contribution is -2.39. The first-order valence-electron chi connectivity index (χ1n) is 9.23. The summed E-state index contributed by atoms with van der Waals surface area (Å²) in [5.41, 5.74) is 2.46. The van der Waals surface area contributed by atoms with Crippen LogP contribution < -0.4 is 10.6 Å². The van der Waals surface area contributed by atoms with E-state index in [0.29, 0.717) is 18.1 Å². The molecule has 2 N–H and O–H groups in total. The number of hydrogen-bond acceptors (Lipinski definition) is 2. The summed E-state index contributed by atoms with van der Waals surface area (Å²) in [6.07, 6.45) is 2.05. The minimum atomic E-state index is -0.869. The lowest BCUT2D eigenvalue weighted by molar-refractivity contribution is 0.680. The van der Waals surface area contributed by atoms with E-state index in [1.165, 1.54) is 5.56 Å². The molecule has 0 saturated heterocycles. The molecule has 0 fully saturated rings. The molecule has 1 unspecified atom stereocenters. The molecule has 0 bridgehead atoms. The van der Waals surface area contributed by atoms with E-state index < -0.39 is 10.8 Å². The Hall–Kier alpha value is -2.14. The van der Waals surface area contributed by atoms with Gasteiger partial charge in [0.1, 0.15) is 0 Å². The van der Waals surface area contributed by atoms with Gasteiger partial charge in [-0.1, -0.05) is 60.7 Å². The Labute approximate surface area is 159 Å². The predicted octanol–water partition coefficient (Wildman–Crippen LogP) is 3.12. The van der Waals surface area contributed by atoms with Crippen molar-refractivity contribution < 1.29 is 4.21 Å². The average molecular weight is 372 g/mol. The molecule has 0 aliphatic heterocycles. The minimum absolute atomic E-state index is 0.604. The second kappa shape index (κ2) is 12.3. The standard InChI is InChI=1S/C21H29N3OS/c1-2-22-21(23-15-9-14-19-10-5-3-6-11-19)24-16-17-26(25)18-20-12-7-4-8-13-20/h3-8,10-13H,2,9,14-18H2,1H3,(H2,22,23,24). The van der Waals surface area contributed by atoms with E-state index in [9.17, 15) is 4.21 Å². The lowest BCUT2D eigenvalue weighted by Gasteiger charge is -2.11. The fraction of sp³-hybridized carbons (Fsp3) is 0.381. The highest BCUT2D eigenvalue weighted by Crippen LogP contribution is 2.03. The Morgan fingerprint density at radius 3 is 2.27 bits per heavy atom. The van der Waals surface area contributed by atoms with E-state index in [-0.39, 0.29) is 0 Å². The molecule has 0 amide bonds. The van der Waals surface area contributed by atoms with E-state index in [4.69, 9.17) is 0 Å². The van der Waals surface area contributed by atoms with Crippen molar-refractivity contribution in [3.05, 3.63) is 71.8 Å². The Morgan fingerprint density at radius 2 is 1.62 bits per heavy atom. The number of hydrogen-bond donors (Lipinski definition) is 2. The number of rotatable bonds is 10. The molecule has 26 heavy (non-hydrogen) atoms. The van der Waals surface area contributed by atoms with Crippen LogP contribution in [0.2, 0.25) is 0 Å². The number of guanidine groups is 1. The van der Waals surface area contributed by atoms with Crippen molar-refractivity contribution in [3.8, 4) is 0 Å². The Balaban J connectivity index is 1.68. The molecule has 0 aliphatic carbocycles. The van der Waals surface area contributed by atoms with Crippen molar-refractivity contribution >= 4 is 16.8 Å². The van der Waals surface area contributed by atoms with Crippen LogP contribution in [0, 0.1) is 0 Å². The predicted molar refractivity (Wildman–Crippen MR) is 112 cm³/mol. The fourth-order valence-electron chi connectivity index (χ4n) is 2.58.